The Morgan fingerprint density at radius 3 is 2.65 bits per heavy atom. The van der Waals surface area contributed by atoms with Crippen LogP contribution in [0.4, 0.5) is 10.1 Å². The topological polar surface area (TPSA) is 77.8 Å². The molecule has 0 unspecified atom stereocenters. The van der Waals surface area contributed by atoms with Gasteiger partial charge in [0.15, 0.2) is 5.69 Å². The van der Waals surface area contributed by atoms with Crippen molar-refractivity contribution in [1.82, 2.24) is 4.98 Å². The summed E-state index contributed by atoms with van der Waals surface area (Å²) in [5.74, 6) is -1.21. The highest BCUT2D eigenvalue weighted by atomic mass is 19.1. The van der Waals surface area contributed by atoms with E-state index in [0.717, 1.165) is 12.0 Å². The zero-order valence-corrected chi connectivity index (χ0v) is 12.4. The van der Waals surface area contributed by atoms with E-state index in [1.165, 1.54) is 18.2 Å². The Morgan fingerprint density at radius 2 is 1.96 bits per heavy atom. The van der Waals surface area contributed by atoms with E-state index >= 15 is 0 Å². The Hall–Kier alpha value is -3.02. The van der Waals surface area contributed by atoms with Crippen molar-refractivity contribution < 1.29 is 14.3 Å². The molecule has 1 aromatic heterocycles. The number of halogens is 1. The normalized spacial score (nSPS) is 11.4. The second-order valence-corrected chi connectivity index (χ2v) is 5.07. The molecule has 23 heavy (non-hydrogen) atoms. The van der Waals surface area contributed by atoms with Crippen molar-refractivity contribution in [3.05, 3.63) is 59.4 Å². The number of aromatic hydroxyl groups is 1. The maximum Gasteiger partial charge on any atom is 0.295 e. The predicted molar refractivity (Wildman–Crippen MR) is 84.6 cm³/mol. The molecule has 0 aliphatic rings. The lowest BCUT2D eigenvalue weighted by Crippen LogP contribution is -1.93. The lowest BCUT2D eigenvalue weighted by molar-refractivity contribution is 0.0995. The molecule has 0 saturated heterocycles. The molecule has 0 bridgehead atoms. The van der Waals surface area contributed by atoms with Crippen LogP contribution in [-0.4, -0.2) is 16.0 Å². The van der Waals surface area contributed by atoms with Crippen molar-refractivity contribution in [2.24, 2.45) is 10.2 Å². The molecule has 2 N–H and O–H groups in total. The third kappa shape index (κ3) is 2.96. The summed E-state index contributed by atoms with van der Waals surface area (Å²) in [7, 11) is 0. The van der Waals surface area contributed by atoms with Gasteiger partial charge in [0, 0.05) is 10.9 Å². The molecule has 0 fully saturated rings. The first kappa shape index (κ1) is 14.9. The highest BCUT2D eigenvalue weighted by molar-refractivity contribution is 5.97. The van der Waals surface area contributed by atoms with Gasteiger partial charge in [-0.3, -0.25) is 4.79 Å². The fourth-order valence-electron chi connectivity index (χ4n) is 2.28. The summed E-state index contributed by atoms with van der Waals surface area (Å²) in [5.41, 5.74) is 2.03. The van der Waals surface area contributed by atoms with Crippen LogP contribution in [-0.2, 0) is 6.42 Å². The zero-order valence-electron chi connectivity index (χ0n) is 12.4. The number of nitrogens with zero attached hydrogens (tertiary/aromatic N) is 2. The minimum absolute atomic E-state index is 0.110. The van der Waals surface area contributed by atoms with Crippen LogP contribution in [0.15, 0.2) is 52.7 Å². The minimum atomic E-state index is -0.511. The van der Waals surface area contributed by atoms with Crippen LogP contribution in [0.25, 0.3) is 10.9 Å². The minimum Gasteiger partial charge on any atom is -0.493 e. The van der Waals surface area contributed by atoms with Crippen LogP contribution in [0.5, 0.6) is 5.88 Å². The van der Waals surface area contributed by atoms with Crippen LogP contribution in [0.2, 0.25) is 0 Å². The number of hydrogen-bond acceptors (Lipinski definition) is 3. The summed E-state index contributed by atoms with van der Waals surface area (Å²) in [5, 5.41) is 17.8. The average molecular weight is 311 g/mol. The number of carbonyl (C=O) groups is 1. The molecule has 5 nitrogen and oxygen atoms in total. The van der Waals surface area contributed by atoms with E-state index in [-0.39, 0.29) is 11.6 Å². The van der Waals surface area contributed by atoms with Crippen LogP contribution >= 0.6 is 0 Å². The molecule has 0 radical (unpaired) electrons. The SMILES string of the molecule is CCc1ccc(C(=O)N=Nc2c(O)[nH]c3cc(F)ccc23)cc1. The number of nitrogens with one attached hydrogen (secondary N) is 1. The number of H-pyrrole nitrogens is 1. The summed E-state index contributed by atoms with van der Waals surface area (Å²) in [6.07, 6.45) is 0.885. The van der Waals surface area contributed by atoms with Gasteiger partial charge in [0.25, 0.3) is 5.91 Å². The van der Waals surface area contributed by atoms with E-state index in [2.05, 4.69) is 15.2 Å². The number of carbonyl (C=O) groups excluding carboxylic acids is 1. The van der Waals surface area contributed by atoms with Gasteiger partial charge < -0.3 is 10.1 Å². The average Bonchev–Trinajstić information content (AvgIpc) is 2.87. The molecule has 0 atom stereocenters. The highest BCUT2D eigenvalue weighted by Crippen LogP contribution is 2.35. The standard InChI is InChI=1S/C17H14FN3O2/c1-2-10-3-5-11(6-4-10)16(22)21-20-15-13-8-7-12(18)9-14(13)19-17(15)23/h3-9,19,23H,2H2,1H3. The van der Waals surface area contributed by atoms with E-state index in [9.17, 15) is 14.3 Å². The summed E-state index contributed by atoms with van der Waals surface area (Å²) >= 11 is 0. The van der Waals surface area contributed by atoms with Gasteiger partial charge in [-0.05, 0) is 42.3 Å². The van der Waals surface area contributed by atoms with E-state index in [0.29, 0.717) is 16.5 Å². The van der Waals surface area contributed by atoms with Gasteiger partial charge >= 0.3 is 0 Å². The number of fused-ring (bicyclic) bond motifs is 1. The first-order valence-corrected chi connectivity index (χ1v) is 7.13. The number of aromatic nitrogens is 1. The van der Waals surface area contributed by atoms with Crippen LogP contribution in [0.1, 0.15) is 22.8 Å². The molecular weight excluding hydrogens is 297 g/mol. The fraction of sp³-hybridized carbons (Fsp3) is 0.118. The highest BCUT2D eigenvalue weighted by Gasteiger charge is 2.12. The van der Waals surface area contributed by atoms with E-state index in [1.807, 2.05) is 19.1 Å². The first-order chi connectivity index (χ1) is 11.1. The monoisotopic (exact) mass is 311 g/mol. The van der Waals surface area contributed by atoms with Crippen LogP contribution in [0, 0.1) is 5.82 Å². The lowest BCUT2D eigenvalue weighted by atomic mass is 10.1. The second kappa shape index (κ2) is 6.00. The van der Waals surface area contributed by atoms with Crippen molar-refractivity contribution >= 4 is 22.5 Å². The van der Waals surface area contributed by atoms with E-state index in [4.69, 9.17) is 0 Å². The zero-order chi connectivity index (χ0) is 16.4. The largest absolute Gasteiger partial charge is 0.493 e. The molecule has 3 rings (SSSR count). The molecule has 116 valence electrons. The van der Waals surface area contributed by atoms with Crippen molar-refractivity contribution in [1.29, 1.82) is 0 Å². The Bertz CT molecular complexity index is 898. The molecule has 0 aliphatic carbocycles. The van der Waals surface area contributed by atoms with Crippen molar-refractivity contribution in [2.75, 3.05) is 0 Å². The van der Waals surface area contributed by atoms with E-state index < -0.39 is 11.7 Å². The number of benzene rings is 2. The maximum atomic E-state index is 13.2. The predicted octanol–water partition coefficient (Wildman–Crippen LogP) is 4.50. The number of hydrogen-bond donors (Lipinski definition) is 2. The second-order valence-electron chi connectivity index (χ2n) is 5.07. The molecule has 0 spiro atoms. The van der Waals surface area contributed by atoms with Crippen molar-refractivity contribution in [2.45, 2.75) is 13.3 Å². The molecule has 1 amide bonds. The van der Waals surface area contributed by atoms with Gasteiger partial charge in [-0.25, -0.2) is 4.39 Å². The molecule has 1 heterocycles. The summed E-state index contributed by atoms with van der Waals surface area (Å²) in [6.45, 7) is 2.03. The van der Waals surface area contributed by atoms with Crippen LogP contribution in [0.3, 0.4) is 0 Å². The van der Waals surface area contributed by atoms with Gasteiger partial charge in [0.1, 0.15) is 5.82 Å². The van der Waals surface area contributed by atoms with Gasteiger partial charge in [-0.1, -0.05) is 19.1 Å². The Balaban J connectivity index is 1.90. The number of aryl methyl sites for hydroxylation is 1. The quantitative estimate of drug-likeness (QED) is 0.699. The van der Waals surface area contributed by atoms with E-state index in [1.54, 1.807) is 12.1 Å². The molecule has 3 aromatic rings. The summed E-state index contributed by atoms with van der Waals surface area (Å²) in [4.78, 5) is 14.6. The summed E-state index contributed by atoms with van der Waals surface area (Å²) < 4.78 is 13.2. The smallest absolute Gasteiger partial charge is 0.295 e. The Kier molecular flexibility index (Phi) is 3.89. The van der Waals surface area contributed by atoms with Gasteiger partial charge in [-0.2, -0.15) is 0 Å². The summed E-state index contributed by atoms with van der Waals surface area (Å²) in [6, 6.07) is 11.0. The van der Waals surface area contributed by atoms with Crippen molar-refractivity contribution in [3.8, 4) is 5.88 Å². The molecular formula is C17H14FN3O2. The third-order valence-electron chi connectivity index (χ3n) is 3.56. The maximum absolute atomic E-state index is 13.2. The van der Waals surface area contributed by atoms with Crippen LogP contribution < -0.4 is 0 Å². The molecule has 2 aromatic carbocycles. The Labute approximate surface area is 131 Å². The first-order valence-electron chi connectivity index (χ1n) is 7.13. The lowest BCUT2D eigenvalue weighted by Gasteiger charge is -1.97. The van der Waals surface area contributed by atoms with Gasteiger partial charge in [0.05, 0.1) is 5.52 Å². The molecule has 6 heteroatoms. The fourth-order valence-corrected chi connectivity index (χ4v) is 2.28. The number of azo groups is 1. The third-order valence-corrected chi connectivity index (χ3v) is 3.56. The molecule has 0 aliphatic heterocycles. The van der Waals surface area contributed by atoms with Crippen molar-refractivity contribution in [3.63, 3.8) is 0 Å². The van der Waals surface area contributed by atoms with Gasteiger partial charge in [-0.15, -0.1) is 10.2 Å². The molecule has 0 saturated carbocycles. The number of rotatable bonds is 3. The van der Waals surface area contributed by atoms with Gasteiger partial charge in [0.2, 0.25) is 5.88 Å². The number of amides is 1. The Morgan fingerprint density at radius 1 is 1.22 bits per heavy atom. The number of aromatic amines is 1.